The zero-order valence-corrected chi connectivity index (χ0v) is 25.2. The Morgan fingerprint density at radius 1 is 0.717 bits per heavy atom. The Kier molecular flexibility index (Phi) is 10.0. The fourth-order valence-corrected chi connectivity index (χ4v) is 6.24. The molecule has 1 aliphatic rings. The minimum atomic E-state index is -4.37. The van der Waals surface area contributed by atoms with Crippen molar-refractivity contribution in [1.29, 1.82) is 5.26 Å². The minimum Gasteiger partial charge on any atom is -0.429 e. The number of ether oxygens (including phenoxy) is 1. The second-order valence-corrected chi connectivity index (χ2v) is 11.8. The third kappa shape index (κ3) is 7.22. The molecule has 0 unspecified atom stereocenters. The first kappa shape index (κ1) is 33.1. The molecule has 4 aromatic rings. The Morgan fingerprint density at radius 3 is 1.87 bits per heavy atom. The zero-order chi connectivity index (χ0) is 33.0. The van der Waals surface area contributed by atoms with Crippen LogP contribution in [0.15, 0.2) is 66.7 Å². The first-order chi connectivity index (χ1) is 22.0. The summed E-state index contributed by atoms with van der Waals surface area (Å²) < 4.78 is 107. The number of benzene rings is 4. The van der Waals surface area contributed by atoms with E-state index in [1.165, 1.54) is 50.0 Å². The lowest BCUT2D eigenvalue weighted by atomic mass is 9.77. The van der Waals surface area contributed by atoms with Crippen LogP contribution in [0.5, 0.6) is 5.75 Å². The summed E-state index contributed by atoms with van der Waals surface area (Å²) >= 11 is 0. The Bertz CT molecular complexity index is 1730. The molecule has 2 nitrogen and oxygen atoms in total. The normalized spacial score (nSPS) is 16.7. The van der Waals surface area contributed by atoms with Crippen molar-refractivity contribution >= 4 is 0 Å². The van der Waals surface area contributed by atoms with Crippen LogP contribution < -0.4 is 4.74 Å². The number of hydrogen-bond acceptors (Lipinski definition) is 2. The summed E-state index contributed by atoms with van der Waals surface area (Å²) in [5.41, 5.74) is -1.02. The van der Waals surface area contributed by atoms with Crippen molar-refractivity contribution in [3.8, 4) is 34.1 Å². The van der Waals surface area contributed by atoms with Crippen molar-refractivity contribution in [2.75, 3.05) is 0 Å². The molecule has 0 atom stereocenters. The van der Waals surface area contributed by atoms with Gasteiger partial charge in [0.15, 0.2) is 0 Å². The lowest BCUT2D eigenvalue weighted by Crippen LogP contribution is -2.23. The van der Waals surface area contributed by atoms with E-state index in [2.05, 4.69) is 11.7 Å². The van der Waals surface area contributed by atoms with Crippen molar-refractivity contribution in [3.05, 3.63) is 113 Å². The van der Waals surface area contributed by atoms with Crippen molar-refractivity contribution in [2.45, 2.75) is 70.3 Å². The van der Waals surface area contributed by atoms with Gasteiger partial charge in [-0.15, -0.1) is 0 Å². The van der Waals surface area contributed by atoms with Gasteiger partial charge in [-0.2, -0.15) is 14.0 Å². The van der Waals surface area contributed by atoms with E-state index in [-0.39, 0.29) is 28.2 Å². The summed E-state index contributed by atoms with van der Waals surface area (Å²) in [5, 5.41) is 8.74. The molecule has 0 radical (unpaired) electrons. The highest BCUT2D eigenvalue weighted by Crippen LogP contribution is 2.40. The molecule has 9 heteroatoms. The monoisotopic (exact) mass is 639 g/mol. The van der Waals surface area contributed by atoms with Crippen LogP contribution in [0.3, 0.4) is 0 Å². The second kappa shape index (κ2) is 14.0. The minimum absolute atomic E-state index is 0.0716. The van der Waals surface area contributed by atoms with Gasteiger partial charge in [-0.05, 0) is 78.5 Å². The van der Waals surface area contributed by atoms with Crippen LogP contribution in [0.4, 0.5) is 30.7 Å². The number of alkyl halides is 2. The molecule has 0 aromatic heterocycles. The van der Waals surface area contributed by atoms with Crippen LogP contribution in [0.2, 0.25) is 0 Å². The Morgan fingerprint density at radius 2 is 1.30 bits per heavy atom. The maximum atomic E-state index is 15.3. The molecule has 4 aromatic carbocycles. The average Bonchev–Trinajstić information content (AvgIpc) is 3.01. The molecule has 1 fully saturated rings. The highest BCUT2D eigenvalue weighted by molar-refractivity contribution is 5.72. The molecule has 46 heavy (non-hydrogen) atoms. The molecule has 1 aliphatic carbocycles. The van der Waals surface area contributed by atoms with E-state index in [9.17, 15) is 22.0 Å². The van der Waals surface area contributed by atoms with E-state index in [1.807, 2.05) is 6.07 Å². The fourth-order valence-electron chi connectivity index (χ4n) is 6.24. The van der Waals surface area contributed by atoms with Crippen LogP contribution in [0.25, 0.3) is 22.3 Å². The Hall–Kier alpha value is -4.32. The predicted octanol–water partition coefficient (Wildman–Crippen LogP) is 11.6. The molecule has 0 bridgehead atoms. The third-order valence-electron chi connectivity index (χ3n) is 8.77. The molecule has 240 valence electrons. The highest BCUT2D eigenvalue weighted by atomic mass is 19.3. The zero-order valence-electron chi connectivity index (χ0n) is 25.2. The number of unbranched alkanes of at least 4 members (excludes halogenated alkanes) is 2. The van der Waals surface area contributed by atoms with E-state index < -0.39 is 52.1 Å². The van der Waals surface area contributed by atoms with E-state index in [4.69, 9.17) is 5.26 Å². The SMILES string of the molecule is CCCCCC1CCC(c2ccc(-c3ccc(-c4ccc(C(F)(F)Oc5cc(F)c(C#N)c(F)c5)c(F)c4)c(F)c3)c(F)c2)CC1. The highest BCUT2D eigenvalue weighted by Gasteiger charge is 2.38. The van der Waals surface area contributed by atoms with Crippen molar-refractivity contribution in [3.63, 3.8) is 0 Å². The number of nitrogens with zero attached hydrogens (tertiary/aromatic N) is 1. The molecule has 5 rings (SSSR count). The third-order valence-corrected chi connectivity index (χ3v) is 8.77. The van der Waals surface area contributed by atoms with Gasteiger partial charge in [-0.25, -0.2) is 22.0 Å². The molecule has 0 aliphatic heterocycles. The standard InChI is InChI=1S/C37H32F7NO/c1-2-3-4-5-22-6-8-23(9-7-22)24-10-13-28(32(38)16-24)25-11-14-29(33(39)17-25)26-12-15-31(36(42)18-26)37(43,44)46-27-19-34(40)30(21-45)35(41)20-27/h10-20,22-23H,2-9H2,1H3. The number of hydrogen-bond donors (Lipinski definition) is 0. The summed E-state index contributed by atoms with van der Waals surface area (Å²) in [5.74, 6) is -5.55. The van der Waals surface area contributed by atoms with Gasteiger partial charge in [0.05, 0.1) is 5.56 Å². The molecule has 0 N–H and O–H groups in total. The fraction of sp³-hybridized carbons (Fsp3) is 0.324. The van der Waals surface area contributed by atoms with Gasteiger partial charge in [-0.1, -0.05) is 62.9 Å². The Balaban J connectivity index is 1.29. The molecule has 0 saturated heterocycles. The summed E-state index contributed by atoms with van der Waals surface area (Å²) in [6.07, 6.45) is 4.88. The van der Waals surface area contributed by atoms with E-state index in [1.54, 1.807) is 6.07 Å². The average molecular weight is 640 g/mol. The summed E-state index contributed by atoms with van der Waals surface area (Å²) in [6.45, 7) is 2.20. The first-order valence-electron chi connectivity index (χ1n) is 15.4. The number of halogens is 7. The Labute approximate surface area is 263 Å². The summed E-state index contributed by atoms with van der Waals surface area (Å²) in [7, 11) is 0. The second-order valence-electron chi connectivity index (χ2n) is 11.8. The van der Waals surface area contributed by atoms with Gasteiger partial charge in [0.1, 0.15) is 46.5 Å². The maximum Gasteiger partial charge on any atom is 0.429 e. The van der Waals surface area contributed by atoms with Gasteiger partial charge in [-0.3, -0.25) is 0 Å². The molecular weight excluding hydrogens is 607 g/mol. The van der Waals surface area contributed by atoms with E-state index >= 15 is 8.78 Å². The largest absolute Gasteiger partial charge is 0.429 e. The summed E-state index contributed by atoms with van der Waals surface area (Å²) in [4.78, 5) is 0. The van der Waals surface area contributed by atoms with Gasteiger partial charge in [0.2, 0.25) is 0 Å². The van der Waals surface area contributed by atoms with Crippen LogP contribution in [-0.2, 0) is 6.11 Å². The van der Waals surface area contributed by atoms with Gasteiger partial charge in [0.25, 0.3) is 0 Å². The van der Waals surface area contributed by atoms with E-state index in [0.29, 0.717) is 24.3 Å². The van der Waals surface area contributed by atoms with Crippen molar-refractivity contribution in [1.82, 2.24) is 0 Å². The van der Waals surface area contributed by atoms with Crippen LogP contribution in [-0.4, -0.2) is 0 Å². The lowest BCUT2D eigenvalue weighted by molar-refractivity contribution is -0.187. The van der Waals surface area contributed by atoms with E-state index in [0.717, 1.165) is 49.3 Å². The van der Waals surface area contributed by atoms with Crippen molar-refractivity contribution < 1.29 is 35.5 Å². The molecular formula is C37H32F7NO. The van der Waals surface area contributed by atoms with Crippen molar-refractivity contribution in [2.24, 2.45) is 5.92 Å². The molecule has 0 heterocycles. The maximum absolute atomic E-state index is 15.3. The molecule has 1 saturated carbocycles. The first-order valence-corrected chi connectivity index (χ1v) is 15.4. The number of nitriles is 1. The number of rotatable bonds is 10. The van der Waals surface area contributed by atoms with Gasteiger partial charge >= 0.3 is 6.11 Å². The molecule has 0 amide bonds. The molecule has 0 spiro atoms. The van der Waals surface area contributed by atoms with Crippen LogP contribution in [0, 0.1) is 46.3 Å². The van der Waals surface area contributed by atoms with Gasteiger partial charge < -0.3 is 4.74 Å². The lowest BCUT2D eigenvalue weighted by Gasteiger charge is -2.29. The summed E-state index contributed by atoms with van der Waals surface area (Å²) in [6, 6.07) is 13.3. The predicted molar refractivity (Wildman–Crippen MR) is 162 cm³/mol. The topological polar surface area (TPSA) is 33.0 Å². The van der Waals surface area contributed by atoms with Crippen LogP contribution in [0.1, 0.15) is 80.9 Å². The quantitative estimate of drug-likeness (QED) is 0.128. The smallest absolute Gasteiger partial charge is 0.429 e. The van der Waals surface area contributed by atoms with Crippen LogP contribution >= 0.6 is 0 Å². The van der Waals surface area contributed by atoms with Gasteiger partial charge in [0, 0.05) is 23.3 Å².